The monoisotopic (exact) mass is 253 g/mol. The molecule has 0 aliphatic heterocycles. The van der Waals surface area contributed by atoms with Gasteiger partial charge in [0.1, 0.15) is 0 Å². The molecule has 3 heteroatoms. The van der Waals surface area contributed by atoms with Crippen LogP contribution in [0.1, 0.15) is 45.1 Å². The van der Waals surface area contributed by atoms with Gasteiger partial charge in [0.2, 0.25) is 0 Å². The number of aliphatic hydroxyl groups is 1. The maximum atomic E-state index is 10.5. The van der Waals surface area contributed by atoms with Gasteiger partial charge in [0, 0.05) is 13.1 Å². The van der Waals surface area contributed by atoms with Crippen LogP contribution >= 0.6 is 11.3 Å². The third-order valence-corrected chi connectivity index (χ3v) is 4.63. The Morgan fingerprint density at radius 1 is 1.29 bits per heavy atom. The van der Waals surface area contributed by atoms with Gasteiger partial charge in [-0.1, -0.05) is 13.8 Å². The van der Waals surface area contributed by atoms with E-state index in [-0.39, 0.29) is 0 Å². The molecule has 96 valence electrons. The van der Waals surface area contributed by atoms with Gasteiger partial charge in [-0.15, -0.1) is 0 Å². The first-order valence-corrected chi connectivity index (χ1v) is 7.38. The molecule has 0 saturated heterocycles. The van der Waals surface area contributed by atoms with Crippen molar-refractivity contribution in [2.45, 2.75) is 51.7 Å². The molecule has 0 spiro atoms. The van der Waals surface area contributed by atoms with Crippen LogP contribution in [0.25, 0.3) is 0 Å². The highest BCUT2D eigenvalue weighted by Gasteiger charge is 2.36. The molecule has 1 aliphatic carbocycles. The number of hydrogen-bond acceptors (Lipinski definition) is 3. The predicted octanol–water partition coefficient (Wildman–Crippen LogP) is 3.17. The molecule has 2 rings (SSSR count). The maximum Gasteiger partial charge on any atom is 0.0772 e. The second-order valence-electron chi connectivity index (χ2n) is 6.12. The van der Waals surface area contributed by atoms with E-state index >= 15 is 0 Å². The van der Waals surface area contributed by atoms with Gasteiger partial charge >= 0.3 is 0 Å². The summed E-state index contributed by atoms with van der Waals surface area (Å²) in [5, 5.41) is 18.1. The quantitative estimate of drug-likeness (QED) is 0.864. The highest BCUT2D eigenvalue weighted by molar-refractivity contribution is 7.07. The minimum atomic E-state index is -0.481. The van der Waals surface area contributed by atoms with Crippen LogP contribution < -0.4 is 5.32 Å². The smallest absolute Gasteiger partial charge is 0.0772 e. The Labute approximate surface area is 108 Å². The Morgan fingerprint density at radius 2 is 2.00 bits per heavy atom. The zero-order valence-corrected chi connectivity index (χ0v) is 11.6. The molecule has 1 aromatic rings. The van der Waals surface area contributed by atoms with E-state index in [1.54, 1.807) is 11.3 Å². The van der Waals surface area contributed by atoms with Crippen LogP contribution in [0.15, 0.2) is 16.8 Å². The lowest BCUT2D eigenvalue weighted by Gasteiger charge is -2.40. The first kappa shape index (κ1) is 13.1. The fraction of sp³-hybridized carbons (Fsp3) is 0.714. The first-order valence-electron chi connectivity index (χ1n) is 6.43. The normalized spacial score (nSPS) is 22.5. The third-order valence-electron chi connectivity index (χ3n) is 3.90. The van der Waals surface area contributed by atoms with Crippen molar-refractivity contribution < 1.29 is 5.11 Å². The summed E-state index contributed by atoms with van der Waals surface area (Å²) < 4.78 is 0. The van der Waals surface area contributed by atoms with Crippen LogP contribution in [0, 0.1) is 5.41 Å². The van der Waals surface area contributed by atoms with Crippen molar-refractivity contribution in [2.24, 2.45) is 5.41 Å². The van der Waals surface area contributed by atoms with Gasteiger partial charge in [-0.2, -0.15) is 11.3 Å². The Hall–Kier alpha value is -0.380. The summed E-state index contributed by atoms with van der Waals surface area (Å²) in [4.78, 5) is 0. The Kier molecular flexibility index (Phi) is 3.91. The first-order chi connectivity index (χ1) is 7.99. The fourth-order valence-corrected chi connectivity index (χ4v) is 3.07. The average Bonchev–Trinajstić information content (AvgIpc) is 2.77. The predicted molar refractivity (Wildman–Crippen MR) is 73.2 cm³/mol. The molecule has 17 heavy (non-hydrogen) atoms. The van der Waals surface area contributed by atoms with Crippen LogP contribution in [0.3, 0.4) is 0 Å². The fourth-order valence-electron chi connectivity index (χ4n) is 2.40. The number of hydrogen-bond donors (Lipinski definition) is 2. The molecule has 0 aromatic carbocycles. The topological polar surface area (TPSA) is 32.3 Å². The van der Waals surface area contributed by atoms with Crippen LogP contribution in [-0.4, -0.2) is 17.3 Å². The van der Waals surface area contributed by atoms with E-state index in [1.807, 2.05) is 0 Å². The van der Waals surface area contributed by atoms with Crippen LogP contribution in [0.2, 0.25) is 0 Å². The van der Waals surface area contributed by atoms with Crippen LogP contribution in [0.5, 0.6) is 0 Å². The van der Waals surface area contributed by atoms with E-state index in [4.69, 9.17) is 0 Å². The van der Waals surface area contributed by atoms with E-state index in [0.717, 1.165) is 38.8 Å². The van der Waals surface area contributed by atoms with Gasteiger partial charge < -0.3 is 10.4 Å². The van der Waals surface area contributed by atoms with Crippen molar-refractivity contribution in [1.82, 2.24) is 5.32 Å². The molecule has 1 heterocycles. The number of thiophene rings is 1. The lowest BCUT2D eigenvalue weighted by atomic mass is 9.71. The van der Waals surface area contributed by atoms with Gasteiger partial charge in [0.15, 0.2) is 0 Å². The Balaban J connectivity index is 1.75. The second kappa shape index (κ2) is 5.09. The van der Waals surface area contributed by atoms with Crippen molar-refractivity contribution in [2.75, 3.05) is 6.54 Å². The van der Waals surface area contributed by atoms with Crippen LogP contribution in [-0.2, 0) is 6.54 Å². The van der Waals surface area contributed by atoms with E-state index in [2.05, 4.69) is 36.0 Å². The van der Waals surface area contributed by atoms with Gasteiger partial charge in [-0.25, -0.2) is 0 Å². The van der Waals surface area contributed by atoms with Gasteiger partial charge in [0.05, 0.1) is 5.60 Å². The number of nitrogens with one attached hydrogen (secondary N) is 1. The zero-order valence-electron chi connectivity index (χ0n) is 10.8. The van der Waals surface area contributed by atoms with Crippen molar-refractivity contribution >= 4 is 11.3 Å². The molecule has 0 radical (unpaired) electrons. The van der Waals surface area contributed by atoms with Gasteiger partial charge in [-0.05, 0) is 53.5 Å². The largest absolute Gasteiger partial charge is 0.389 e. The molecule has 2 N–H and O–H groups in total. The van der Waals surface area contributed by atoms with E-state index in [9.17, 15) is 5.11 Å². The molecule has 1 aliphatic rings. The molecule has 1 aromatic heterocycles. The molecule has 2 nitrogen and oxygen atoms in total. The summed E-state index contributed by atoms with van der Waals surface area (Å²) >= 11 is 1.72. The lowest BCUT2D eigenvalue weighted by Crippen LogP contribution is -2.44. The molecule has 1 saturated carbocycles. The average molecular weight is 253 g/mol. The summed E-state index contributed by atoms with van der Waals surface area (Å²) in [5.41, 5.74) is 1.25. The van der Waals surface area contributed by atoms with E-state index < -0.39 is 5.60 Å². The zero-order chi connectivity index (χ0) is 12.4. The Morgan fingerprint density at radius 3 is 2.59 bits per heavy atom. The Bertz CT molecular complexity index is 335. The van der Waals surface area contributed by atoms with Crippen LogP contribution in [0.4, 0.5) is 0 Å². The van der Waals surface area contributed by atoms with Crippen molar-refractivity contribution in [3.8, 4) is 0 Å². The highest BCUT2D eigenvalue weighted by atomic mass is 32.1. The van der Waals surface area contributed by atoms with Gasteiger partial charge in [0.25, 0.3) is 0 Å². The maximum absolute atomic E-state index is 10.5. The SMILES string of the molecule is CC1(C)CCC(O)(CNCc2ccsc2)CC1. The summed E-state index contributed by atoms with van der Waals surface area (Å²) in [6.45, 7) is 6.19. The number of rotatable bonds is 4. The summed E-state index contributed by atoms with van der Waals surface area (Å²) in [7, 11) is 0. The minimum Gasteiger partial charge on any atom is -0.389 e. The standard InChI is InChI=1S/C14H23NOS/c1-13(2)4-6-14(16,7-5-13)11-15-9-12-3-8-17-10-12/h3,8,10,15-16H,4-7,9,11H2,1-2H3. The molecule has 1 fully saturated rings. The molecule has 0 amide bonds. The molecular formula is C14H23NOS. The molecule has 0 atom stereocenters. The summed E-state index contributed by atoms with van der Waals surface area (Å²) in [5.74, 6) is 0. The van der Waals surface area contributed by atoms with Gasteiger partial charge in [-0.3, -0.25) is 0 Å². The van der Waals surface area contributed by atoms with Crippen molar-refractivity contribution in [3.05, 3.63) is 22.4 Å². The van der Waals surface area contributed by atoms with E-state index in [1.165, 1.54) is 5.56 Å². The molecular weight excluding hydrogens is 230 g/mol. The van der Waals surface area contributed by atoms with Crippen molar-refractivity contribution in [1.29, 1.82) is 0 Å². The van der Waals surface area contributed by atoms with Crippen molar-refractivity contribution in [3.63, 3.8) is 0 Å². The second-order valence-corrected chi connectivity index (χ2v) is 6.90. The third kappa shape index (κ3) is 3.80. The summed E-state index contributed by atoms with van der Waals surface area (Å²) in [6.07, 6.45) is 4.11. The summed E-state index contributed by atoms with van der Waals surface area (Å²) in [6, 6.07) is 2.13. The highest BCUT2D eigenvalue weighted by Crippen LogP contribution is 2.39. The minimum absolute atomic E-state index is 0.416. The lowest BCUT2D eigenvalue weighted by molar-refractivity contribution is -0.0245. The molecule has 0 unspecified atom stereocenters. The van der Waals surface area contributed by atoms with E-state index in [0.29, 0.717) is 5.41 Å². The molecule has 0 bridgehead atoms.